The Labute approximate surface area is 83.6 Å². The van der Waals surface area contributed by atoms with Crippen LogP contribution < -0.4 is 5.73 Å². The Hall–Kier alpha value is -1.35. The quantitative estimate of drug-likeness (QED) is 0.763. The Morgan fingerprint density at radius 2 is 2.21 bits per heavy atom. The van der Waals surface area contributed by atoms with Gasteiger partial charge in [0.1, 0.15) is 0 Å². The van der Waals surface area contributed by atoms with Crippen molar-refractivity contribution < 1.29 is 9.90 Å². The van der Waals surface area contributed by atoms with Crippen LogP contribution in [0.4, 0.5) is 0 Å². The molecule has 0 fully saturated rings. The standard InChI is InChI=1S/C11H15NO2/c1-8-4-2-5-10(11(13)14)9(8)6-3-7-12/h2,4-5H,3,6-7,12H2,1H3,(H,13,14). The molecule has 0 heterocycles. The van der Waals surface area contributed by atoms with Gasteiger partial charge in [0.25, 0.3) is 0 Å². The molecule has 1 aromatic carbocycles. The van der Waals surface area contributed by atoms with E-state index < -0.39 is 5.97 Å². The van der Waals surface area contributed by atoms with Crippen molar-refractivity contribution in [1.29, 1.82) is 0 Å². The van der Waals surface area contributed by atoms with E-state index in [0.717, 1.165) is 24.0 Å². The molecule has 3 nitrogen and oxygen atoms in total. The van der Waals surface area contributed by atoms with Gasteiger partial charge in [-0.25, -0.2) is 4.79 Å². The third-order valence-corrected chi connectivity index (χ3v) is 2.27. The van der Waals surface area contributed by atoms with Crippen molar-refractivity contribution in [2.24, 2.45) is 5.73 Å². The monoisotopic (exact) mass is 193 g/mol. The van der Waals surface area contributed by atoms with Crippen molar-refractivity contribution in [3.8, 4) is 0 Å². The van der Waals surface area contributed by atoms with Gasteiger partial charge in [-0.2, -0.15) is 0 Å². The number of rotatable bonds is 4. The van der Waals surface area contributed by atoms with Gasteiger partial charge in [-0.1, -0.05) is 12.1 Å². The number of carbonyl (C=O) groups is 1. The van der Waals surface area contributed by atoms with Crippen molar-refractivity contribution >= 4 is 5.97 Å². The summed E-state index contributed by atoms with van der Waals surface area (Å²) in [5.41, 5.74) is 7.74. The van der Waals surface area contributed by atoms with Gasteiger partial charge in [0, 0.05) is 0 Å². The first-order chi connectivity index (χ1) is 6.66. The van der Waals surface area contributed by atoms with E-state index in [1.807, 2.05) is 13.0 Å². The summed E-state index contributed by atoms with van der Waals surface area (Å²) in [6.45, 7) is 2.52. The smallest absolute Gasteiger partial charge is 0.335 e. The lowest BCUT2D eigenvalue weighted by Gasteiger charge is -2.08. The molecule has 3 N–H and O–H groups in total. The molecule has 0 unspecified atom stereocenters. The Bertz CT molecular complexity index is 334. The normalized spacial score (nSPS) is 10.1. The van der Waals surface area contributed by atoms with Gasteiger partial charge in [0.05, 0.1) is 5.56 Å². The van der Waals surface area contributed by atoms with Crippen LogP contribution in [0.3, 0.4) is 0 Å². The number of nitrogens with two attached hydrogens (primary N) is 1. The molecule has 0 aliphatic rings. The predicted molar refractivity (Wildman–Crippen MR) is 55.5 cm³/mol. The lowest BCUT2D eigenvalue weighted by molar-refractivity contribution is 0.0695. The summed E-state index contributed by atoms with van der Waals surface area (Å²) in [5, 5.41) is 8.96. The topological polar surface area (TPSA) is 63.3 Å². The van der Waals surface area contributed by atoms with Crippen LogP contribution in [0.1, 0.15) is 27.9 Å². The summed E-state index contributed by atoms with van der Waals surface area (Å²) < 4.78 is 0. The molecule has 0 amide bonds. The Balaban J connectivity index is 3.02. The average molecular weight is 193 g/mol. The van der Waals surface area contributed by atoms with Crippen LogP contribution in [0.25, 0.3) is 0 Å². The van der Waals surface area contributed by atoms with Crippen molar-refractivity contribution in [2.45, 2.75) is 19.8 Å². The van der Waals surface area contributed by atoms with Crippen molar-refractivity contribution in [2.75, 3.05) is 6.54 Å². The van der Waals surface area contributed by atoms with Gasteiger partial charge in [-0.05, 0) is 43.5 Å². The van der Waals surface area contributed by atoms with E-state index in [1.165, 1.54) is 0 Å². The molecule has 1 aromatic rings. The summed E-state index contributed by atoms with van der Waals surface area (Å²) in [7, 11) is 0. The highest BCUT2D eigenvalue weighted by Gasteiger charge is 2.10. The second-order valence-corrected chi connectivity index (χ2v) is 3.30. The summed E-state index contributed by atoms with van der Waals surface area (Å²) in [4.78, 5) is 10.9. The maximum atomic E-state index is 10.9. The van der Waals surface area contributed by atoms with E-state index in [4.69, 9.17) is 10.8 Å². The molecule has 0 aromatic heterocycles. The van der Waals surface area contributed by atoms with Crippen molar-refractivity contribution in [1.82, 2.24) is 0 Å². The number of hydrogen-bond acceptors (Lipinski definition) is 2. The average Bonchev–Trinajstić information content (AvgIpc) is 2.15. The number of benzene rings is 1. The molecule has 76 valence electrons. The maximum absolute atomic E-state index is 10.9. The Kier molecular flexibility index (Phi) is 3.65. The van der Waals surface area contributed by atoms with Crippen LogP contribution in [0, 0.1) is 6.92 Å². The van der Waals surface area contributed by atoms with Crippen molar-refractivity contribution in [3.05, 3.63) is 34.9 Å². The van der Waals surface area contributed by atoms with Gasteiger partial charge in [-0.15, -0.1) is 0 Å². The molecule has 3 heteroatoms. The van der Waals surface area contributed by atoms with E-state index in [1.54, 1.807) is 12.1 Å². The minimum atomic E-state index is -0.860. The fraction of sp³-hybridized carbons (Fsp3) is 0.364. The third-order valence-electron chi connectivity index (χ3n) is 2.27. The first-order valence-corrected chi connectivity index (χ1v) is 4.68. The minimum absolute atomic E-state index is 0.401. The van der Waals surface area contributed by atoms with E-state index >= 15 is 0 Å². The van der Waals surface area contributed by atoms with Crippen LogP contribution in [0.5, 0.6) is 0 Å². The molecule has 0 spiro atoms. The fourth-order valence-corrected chi connectivity index (χ4v) is 1.51. The highest BCUT2D eigenvalue weighted by molar-refractivity contribution is 5.89. The number of aryl methyl sites for hydroxylation is 1. The number of aromatic carboxylic acids is 1. The van der Waals surface area contributed by atoms with E-state index in [9.17, 15) is 4.79 Å². The Morgan fingerprint density at radius 1 is 1.50 bits per heavy atom. The zero-order valence-corrected chi connectivity index (χ0v) is 8.29. The predicted octanol–water partition coefficient (Wildman–Crippen LogP) is 1.58. The third kappa shape index (κ3) is 2.33. The Morgan fingerprint density at radius 3 is 2.79 bits per heavy atom. The van der Waals surface area contributed by atoms with Crippen molar-refractivity contribution in [3.63, 3.8) is 0 Å². The lowest BCUT2D eigenvalue weighted by atomic mass is 9.98. The van der Waals surface area contributed by atoms with Crippen LogP contribution >= 0.6 is 0 Å². The molecule has 0 saturated carbocycles. The van der Waals surface area contributed by atoms with Gasteiger partial charge < -0.3 is 10.8 Å². The molecular weight excluding hydrogens is 178 g/mol. The van der Waals surface area contributed by atoms with Gasteiger partial charge in [-0.3, -0.25) is 0 Å². The molecule has 0 saturated heterocycles. The lowest BCUT2D eigenvalue weighted by Crippen LogP contribution is -2.07. The van der Waals surface area contributed by atoms with Crippen LogP contribution in [-0.2, 0) is 6.42 Å². The second kappa shape index (κ2) is 4.77. The first kappa shape index (κ1) is 10.7. The molecule has 0 atom stereocenters. The van der Waals surface area contributed by atoms with Crippen LogP contribution in [-0.4, -0.2) is 17.6 Å². The minimum Gasteiger partial charge on any atom is -0.478 e. The molecule has 0 aliphatic carbocycles. The highest BCUT2D eigenvalue weighted by Crippen LogP contribution is 2.15. The SMILES string of the molecule is Cc1cccc(C(=O)O)c1CCCN. The number of carboxylic acid groups (broad SMARTS) is 1. The highest BCUT2D eigenvalue weighted by atomic mass is 16.4. The second-order valence-electron chi connectivity index (χ2n) is 3.30. The maximum Gasteiger partial charge on any atom is 0.335 e. The molecular formula is C11H15NO2. The summed E-state index contributed by atoms with van der Waals surface area (Å²) >= 11 is 0. The molecule has 14 heavy (non-hydrogen) atoms. The molecule has 0 radical (unpaired) electrons. The van der Waals surface area contributed by atoms with Crippen LogP contribution in [0.2, 0.25) is 0 Å². The largest absolute Gasteiger partial charge is 0.478 e. The number of hydrogen-bond donors (Lipinski definition) is 2. The van der Waals surface area contributed by atoms with E-state index in [0.29, 0.717) is 12.1 Å². The van der Waals surface area contributed by atoms with Gasteiger partial charge in [0.15, 0.2) is 0 Å². The molecule has 0 bridgehead atoms. The summed E-state index contributed by atoms with van der Waals surface area (Å²) in [6.07, 6.45) is 1.57. The fourth-order valence-electron chi connectivity index (χ4n) is 1.51. The zero-order valence-electron chi connectivity index (χ0n) is 8.29. The van der Waals surface area contributed by atoms with E-state index in [-0.39, 0.29) is 0 Å². The first-order valence-electron chi connectivity index (χ1n) is 4.68. The number of carboxylic acids is 1. The zero-order chi connectivity index (χ0) is 10.6. The summed E-state index contributed by atoms with van der Waals surface area (Å²) in [5.74, 6) is -0.860. The van der Waals surface area contributed by atoms with E-state index in [2.05, 4.69) is 0 Å². The molecule has 0 aliphatic heterocycles. The molecule has 1 rings (SSSR count). The van der Waals surface area contributed by atoms with Gasteiger partial charge in [0.2, 0.25) is 0 Å². The van der Waals surface area contributed by atoms with Crippen LogP contribution in [0.15, 0.2) is 18.2 Å². The summed E-state index contributed by atoms with van der Waals surface area (Å²) in [6, 6.07) is 5.34. The van der Waals surface area contributed by atoms with Gasteiger partial charge >= 0.3 is 5.97 Å².